The molecule has 3 fully saturated rings. The number of hydrogen-bond donors (Lipinski definition) is 2. The van der Waals surface area contributed by atoms with E-state index in [1.54, 1.807) is 13.8 Å². The van der Waals surface area contributed by atoms with Crippen LogP contribution in [0.1, 0.15) is 50.6 Å². The van der Waals surface area contributed by atoms with E-state index in [1.165, 1.54) is 19.1 Å². The Labute approximate surface area is 221 Å². The second kappa shape index (κ2) is 8.74. The van der Waals surface area contributed by atoms with E-state index in [9.17, 15) is 29.0 Å². The molecule has 1 aromatic heterocycles. The molecule has 0 radical (unpaired) electrons. The van der Waals surface area contributed by atoms with Gasteiger partial charge in [-0.3, -0.25) is 9.59 Å². The van der Waals surface area contributed by atoms with Crippen molar-refractivity contribution < 1.29 is 46.9 Å². The third kappa shape index (κ3) is 3.30. The number of aromatic hydroxyl groups is 1. The SMILES string of the molecule is C[C@@H]1C[C@H]2[C@@H]3C[C@H](F)C4=CC(=O)C=C[C@]4(C)[C@@]3(F)[C@@H](O)C[C@]2(C)[C@@]1(OC(=O)c1cc(O)co1)C(=O)SCF. The zero-order valence-electron chi connectivity index (χ0n) is 21.1. The van der Waals surface area contributed by atoms with Crippen LogP contribution in [0.2, 0.25) is 0 Å². The minimum Gasteiger partial charge on any atom is -0.505 e. The highest BCUT2D eigenvalue weighted by molar-refractivity contribution is 8.13. The highest BCUT2D eigenvalue weighted by atomic mass is 32.2. The zero-order chi connectivity index (χ0) is 27.8. The third-order valence-electron chi connectivity index (χ3n) is 9.70. The van der Waals surface area contributed by atoms with E-state index < -0.39 is 80.8 Å². The van der Waals surface area contributed by atoms with Crippen molar-refractivity contribution in [3.8, 4) is 5.75 Å². The van der Waals surface area contributed by atoms with Gasteiger partial charge in [0.05, 0.1) is 6.10 Å². The molecular formula is C27H29F3O7S. The first kappa shape index (κ1) is 27.1. The van der Waals surface area contributed by atoms with E-state index in [0.717, 1.165) is 18.4 Å². The van der Waals surface area contributed by atoms with Crippen LogP contribution in [0.4, 0.5) is 13.2 Å². The molecule has 1 heterocycles. The minimum atomic E-state index is -2.38. The Morgan fingerprint density at radius 2 is 1.97 bits per heavy atom. The maximum atomic E-state index is 17.4. The number of carbonyl (C=O) groups is 3. The molecule has 0 amide bonds. The molecule has 2 N–H and O–H groups in total. The molecule has 4 aliphatic rings. The van der Waals surface area contributed by atoms with Crippen molar-refractivity contribution >= 4 is 28.6 Å². The largest absolute Gasteiger partial charge is 0.505 e. The Kier molecular flexibility index (Phi) is 6.22. The average molecular weight is 555 g/mol. The Bertz CT molecular complexity index is 1260. The quantitative estimate of drug-likeness (QED) is 0.518. The summed E-state index contributed by atoms with van der Waals surface area (Å²) in [6, 6.07) is -0.103. The fourth-order valence-electron chi connectivity index (χ4n) is 8.00. The van der Waals surface area contributed by atoms with Gasteiger partial charge in [-0.05, 0) is 61.6 Å². The van der Waals surface area contributed by atoms with Gasteiger partial charge in [0.2, 0.25) is 10.9 Å². The lowest BCUT2D eigenvalue weighted by Gasteiger charge is -2.63. The number of halogens is 3. The summed E-state index contributed by atoms with van der Waals surface area (Å²) in [6.45, 7) is 4.68. The summed E-state index contributed by atoms with van der Waals surface area (Å²) in [6.07, 6.45) is 0.530. The van der Waals surface area contributed by atoms with Crippen LogP contribution in [-0.2, 0) is 14.3 Å². The number of esters is 1. The number of hydrogen-bond acceptors (Lipinski definition) is 8. The zero-order valence-corrected chi connectivity index (χ0v) is 21.9. The van der Waals surface area contributed by atoms with Gasteiger partial charge in [-0.15, -0.1) is 0 Å². The van der Waals surface area contributed by atoms with Gasteiger partial charge in [-0.1, -0.05) is 19.9 Å². The molecule has 38 heavy (non-hydrogen) atoms. The van der Waals surface area contributed by atoms with Gasteiger partial charge in [0.1, 0.15) is 18.4 Å². The number of fused-ring (bicyclic) bond motifs is 5. The summed E-state index contributed by atoms with van der Waals surface area (Å²) in [7, 11) is 0. The van der Waals surface area contributed by atoms with Crippen LogP contribution in [0.15, 0.2) is 40.5 Å². The molecule has 0 bridgehead atoms. The molecule has 206 valence electrons. The molecule has 11 heteroatoms. The van der Waals surface area contributed by atoms with Crippen molar-refractivity contribution in [3.05, 3.63) is 41.9 Å². The summed E-state index contributed by atoms with van der Waals surface area (Å²) in [5.41, 5.74) is -7.43. The predicted molar refractivity (Wildman–Crippen MR) is 130 cm³/mol. The highest BCUT2D eigenvalue weighted by Crippen LogP contribution is 2.72. The molecule has 0 aromatic carbocycles. The number of carbonyl (C=O) groups excluding carboxylic acids is 3. The van der Waals surface area contributed by atoms with Crippen molar-refractivity contribution in [1.29, 1.82) is 0 Å². The number of furan rings is 1. The lowest BCUT2D eigenvalue weighted by Crippen LogP contribution is -2.70. The Balaban J connectivity index is 1.63. The minimum absolute atomic E-state index is 0.0307. The van der Waals surface area contributed by atoms with Gasteiger partial charge in [-0.2, -0.15) is 0 Å². The predicted octanol–water partition coefficient (Wildman–Crippen LogP) is 4.63. The Hall–Kier alpha value is -2.53. The second-order valence-electron chi connectivity index (χ2n) is 11.3. The van der Waals surface area contributed by atoms with Crippen molar-refractivity contribution in [2.45, 2.75) is 63.6 Å². The first-order valence-electron chi connectivity index (χ1n) is 12.5. The molecule has 4 aliphatic carbocycles. The van der Waals surface area contributed by atoms with E-state index in [0.29, 0.717) is 11.8 Å². The average Bonchev–Trinajstić information content (AvgIpc) is 3.38. The number of ether oxygens (including phenoxy) is 1. The van der Waals surface area contributed by atoms with Gasteiger partial charge in [0, 0.05) is 28.7 Å². The van der Waals surface area contributed by atoms with E-state index >= 15 is 8.78 Å². The third-order valence-corrected chi connectivity index (χ3v) is 10.4. The molecule has 0 unspecified atom stereocenters. The fraction of sp³-hybridized carbons (Fsp3) is 0.593. The molecule has 0 spiro atoms. The van der Waals surface area contributed by atoms with Crippen LogP contribution in [0.3, 0.4) is 0 Å². The maximum absolute atomic E-state index is 17.4. The molecule has 7 nitrogen and oxygen atoms in total. The van der Waals surface area contributed by atoms with E-state index in [-0.39, 0.29) is 30.6 Å². The molecule has 0 aliphatic heterocycles. The van der Waals surface area contributed by atoms with Crippen molar-refractivity contribution in [2.75, 3.05) is 6.01 Å². The molecular weight excluding hydrogens is 525 g/mol. The number of aliphatic hydroxyl groups is 1. The smallest absolute Gasteiger partial charge is 0.375 e. The van der Waals surface area contributed by atoms with Gasteiger partial charge in [0.15, 0.2) is 22.8 Å². The van der Waals surface area contributed by atoms with Crippen LogP contribution >= 0.6 is 11.8 Å². The number of aliphatic hydroxyl groups excluding tert-OH is 1. The fourth-order valence-corrected chi connectivity index (χ4v) is 8.79. The number of thioether (sulfide) groups is 1. The topological polar surface area (TPSA) is 114 Å². The molecule has 9 atom stereocenters. The molecule has 0 saturated heterocycles. The van der Waals surface area contributed by atoms with E-state index in [4.69, 9.17) is 9.15 Å². The number of ketones is 1. The van der Waals surface area contributed by atoms with Crippen LogP contribution in [-0.4, -0.2) is 56.6 Å². The van der Waals surface area contributed by atoms with E-state index in [1.807, 2.05) is 0 Å². The lowest BCUT2D eigenvalue weighted by molar-refractivity contribution is -0.221. The number of allylic oxidation sites excluding steroid dienone is 4. The lowest BCUT2D eigenvalue weighted by atomic mass is 9.44. The monoisotopic (exact) mass is 554 g/mol. The summed E-state index contributed by atoms with van der Waals surface area (Å²) in [5, 5.41) is 20.3. The molecule has 5 rings (SSSR count). The summed E-state index contributed by atoms with van der Waals surface area (Å²) in [4.78, 5) is 38.7. The Morgan fingerprint density at radius 1 is 1.26 bits per heavy atom. The van der Waals surface area contributed by atoms with Gasteiger partial charge < -0.3 is 19.4 Å². The summed E-state index contributed by atoms with van der Waals surface area (Å²) >= 11 is 0.306. The maximum Gasteiger partial charge on any atom is 0.375 e. The van der Waals surface area contributed by atoms with Gasteiger partial charge >= 0.3 is 5.97 Å². The molecule has 1 aromatic rings. The molecule has 3 saturated carbocycles. The first-order valence-corrected chi connectivity index (χ1v) is 13.4. The van der Waals surface area contributed by atoms with Crippen LogP contribution in [0, 0.1) is 28.6 Å². The number of alkyl halides is 3. The standard InChI is InChI=1S/C27H29F3O7S/c1-13-6-16-17-9-19(29)18-7-14(31)4-5-24(18,2)26(17,30)21(33)10-25(16,3)27(13,23(35)38-12-28)37-22(34)20-8-15(32)11-36-20/h4-5,7-8,11,13,16-17,19,21,32-33H,6,9-10,12H2,1-3H3/t13-,16+,17+,19+,21+,24+,25+,26+,27+/m1/s1. The summed E-state index contributed by atoms with van der Waals surface area (Å²) < 4.78 is 57.4. The Morgan fingerprint density at radius 3 is 2.61 bits per heavy atom. The van der Waals surface area contributed by atoms with Crippen LogP contribution < -0.4 is 0 Å². The summed E-state index contributed by atoms with van der Waals surface area (Å²) in [5.74, 6) is -4.89. The van der Waals surface area contributed by atoms with Crippen molar-refractivity contribution in [2.24, 2.45) is 28.6 Å². The van der Waals surface area contributed by atoms with Gasteiger partial charge in [0.25, 0.3) is 0 Å². The van der Waals surface area contributed by atoms with Crippen molar-refractivity contribution in [1.82, 2.24) is 0 Å². The van der Waals surface area contributed by atoms with Crippen LogP contribution in [0.25, 0.3) is 0 Å². The normalized spacial score (nSPS) is 43.6. The highest BCUT2D eigenvalue weighted by Gasteiger charge is 2.78. The first-order chi connectivity index (χ1) is 17.8. The van der Waals surface area contributed by atoms with Crippen LogP contribution in [0.5, 0.6) is 5.75 Å². The second-order valence-corrected chi connectivity index (χ2v) is 12.2. The van der Waals surface area contributed by atoms with Crippen molar-refractivity contribution in [3.63, 3.8) is 0 Å². The van der Waals surface area contributed by atoms with Gasteiger partial charge in [-0.25, -0.2) is 18.0 Å². The number of rotatable bonds is 4. The van der Waals surface area contributed by atoms with E-state index in [2.05, 4.69) is 0 Å².